The maximum Gasteiger partial charge on any atom is 0.300 e. The summed E-state index contributed by atoms with van der Waals surface area (Å²) in [4.78, 5) is 39.3. The molecule has 1 aliphatic heterocycles. The first-order chi connectivity index (χ1) is 16.3. The molecular formula is C26H21BrN2O5. The molecule has 0 aliphatic carbocycles. The Labute approximate surface area is 204 Å². The Bertz CT molecular complexity index is 1300. The summed E-state index contributed by atoms with van der Waals surface area (Å²) >= 11 is 3.36. The molecule has 0 bridgehead atoms. The van der Waals surface area contributed by atoms with Gasteiger partial charge in [-0.1, -0.05) is 46.3 Å². The topological polar surface area (TPSA) is 95.9 Å². The summed E-state index contributed by atoms with van der Waals surface area (Å²) in [5.41, 5.74) is 1.88. The number of nitrogens with zero attached hydrogens (tertiary/aromatic N) is 1. The molecule has 1 heterocycles. The van der Waals surface area contributed by atoms with E-state index in [-0.39, 0.29) is 17.2 Å². The van der Waals surface area contributed by atoms with E-state index in [0.29, 0.717) is 28.3 Å². The van der Waals surface area contributed by atoms with Crippen molar-refractivity contribution in [2.75, 3.05) is 17.3 Å². The number of methoxy groups -OCH3 is 1. The lowest BCUT2D eigenvalue weighted by atomic mass is 9.95. The predicted molar refractivity (Wildman–Crippen MR) is 133 cm³/mol. The molecule has 1 fully saturated rings. The van der Waals surface area contributed by atoms with Gasteiger partial charge in [0.25, 0.3) is 11.7 Å². The third-order valence-electron chi connectivity index (χ3n) is 5.44. The summed E-state index contributed by atoms with van der Waals surface area (Å²) in [6, 6.07) is 19.5. The number of aliphatic hydroxyl groups is 1. The number of aliphatic hydroxyl groups excluding tert-OH is 1. The first-order valence-corrected chi connectivity index (χ1v) is 11.2. The second-order valence-electron chi connectivity index (χ2n) is 7.68. The fourth-order valence-corrected chi connectivity index (χ4v) is 4.16. The van der Waals surface area contributed by atoms with Crippen molar-refractivity contribution in [3.05, 3.63) is 94.0 Å². The van der Waals surface area contributed by atoms with Gasteiger partial charge in [-0.15, -0.1) is 0 Å². The van der Waals surface area contributed by atoms with E-state index in [1.807, 2.05) is 0 Å². The largest absolute Gasteiger partial charge is 0.507 e. The van der Waals surface area contributed by atoms with Crippen LogP contribution in [0.5, 0.6) is 5.75 Å². The molecule has 7 nitrogen and oxygen atoms in total. The van der Waals surface area contributed by atoms with Crippen LogP contribution in [-0.4, -0.2) is 29.8 Å². The van der Waals surface area contributed by atoms with Crippen LogP contribution in [0, 0.1) is 0 Å². The molecule has 0 radical (unpaired) electrons. The number of carbonyl (C=O) groups is 3. The average Bonchev–Trinajstić information content (AvgIpc) is 3.09. The zero-order valence-electron chi connectivity index (χ0n) is 18.4. The molecule has 2 N–H and O–H groups in total. The van der Waals surface area contributed by atoms with Crippen molar-refractivity contribution >= 4 is 50.7 Å². The van der Waals surface area contributed by atoms with Crippen molar-refractivity contribution in [1.82, 2.24) is 0 Å². The molecule has 1 saturated heterocycles. The summed E-state index contributed by atoms with van der Waals surface area (Å²) in [5, 5.41) is 13.8. The molecule has 0 saturated carbocycles. The van der Waals surface area contributed by atoms with Gasteiger partial charge in [-0.2, -0.15) is 0 Å². The van der Waals surface area contributed by atoms with Crippen LogP contribution in [0.15, 0.2) is 82.8 Å². The Hall–Kier alpha value is -3.91. The summed E-state index contributed by atoms with van der Waals surface area (Å²) in [7, 11) is 1.54. The Kier molecular flexibility index (Phi) is 6.51. The lowest BCUT2D eigenvalue weighted by Crippen LogP contribution is -2.29. The first kappa shape index (κ1) is 23.3. The highest BCUT2D eigenvalue weighted by Gasteiger charge is 2.47. The molecule has 3 aromatic rings. The molecule has 1 aliphatic rings. The third kappa shape index (κ3) is 4.45. The number of halogens is 1. The van der Waals surface area contributed by atoms with Crippen molar-refractivity contribution in [1.29, 1.82) is 0 Å². The minimum atomic E-state index is -0.887. The number of anilines is 2. The monoisotopic (exact) mass is 520 g/mol. The minimum Gasteiger partial charge on any atom is -0.507 e. The molecule has 8 heteroatoms. The number of ketones is 1. The van der Waals surface area contributed by atoms with Gasteiger partial charge in [-0.05, 0) is 48.0 Å². The summed E-state index contributed by atoms with van der Waals surface area (Å²) in [5.74, 6) is -1.50. The van der Waals surface area contributed by atoms with E-state index in [1.54, 1.807) is 79.9 Å². The number of Topliss-reactive ketones (excluding diaryl/α,β-unsaturated/α-hetero) is 1. The third-order valence-corrected chi connectivity index (χ3v) is 5.97. The lowest BCUT2D eigenvalue weighted by molar-refractivity contribution is -0.132. The van der Waals surface area contributed by atoms with Crippen molar-refractivity contribution in [3.8, 4) is 5.75 Å². The predicted octanol–water partition coefficient (Wildman–Crippen LogP) is 5.04. The Balaban J connectivity index is 1.90. The summed E-state index contributed by atoms with van der Waals surface area (Å²) < 4.78 is 6.05. The fraction of sp³-hybridized carbons (Fsp3) is 0.115. The molecular weight excluding hydrogens is 500 g/mol. The molecule has 2 amide bonds. The number of hydrogen-bond donors (Lipinski definition) is 2. The second kappa shape index (κ2) is 9.52. The van der Waals surface area contributed by atoms with Gasteiger partial charge in [-0.3, -0.25) is 19.3 Å². The number of amides is 2. The van der Waals surface area contributed by atoms with Crippen LogP contribution in [0.3, 0.4) is 0 Å². The lowest BCUT2D eigenvalue weighted by Gasteiger charge is -2.26. The maximum atomic E-state index is 13.3. The van der Waals surface area contributed by atoms with Gasteiger partial charge >= 0.3 is 0 Å². The highest BCUT2D eigenvalue weighted by molar-refractivity contribution is 9.10. The molecule has 1 atom stereocenters. The van der Waals surface area contributed by atoms with Gasteiger partial charge in [0, 0.05) is 28.3 Å². The van der Waals surface area contributed by atoms with E-state index in [2.05, 4.69) is 21.2 Å². The van der Waals surface area contributed by atoms with Gasteiger partial charge in [-0.25, -0.2) is 0 Å². The van der Waals surface area contributed by atoms with Gasteiger partial charge in [0.05, 0.1) is 18.7 Å². The van der Waals surface area contributed by atoms with Gasteiger partial charge in [0.15, 0.2) is 0 Å². The number of ether oxygens (including phenoxy) is 1. The quantitative estimate of drug-likeness (QED) is 0.279. The average molecular weight is 521 g/mol. The van der Waals surface area contributed by atoms with Crippen LogP contribution in [-0.2, 0) is 14.4 Å². The van der Waals surface area contributed by atoms with Crippen molar-refractivity contribution in [2.24, 2.45) is 0 Å². The summed E-state index contributed by atoms with van der Waals surface area (Å²) in [6.07, 6.45) is 0. The molecule has 34 heavy (non-hydrogen) atoms. The van der Waals surface area contributed by atoms with Crippen LogP contribution in [0.25, 0.3) is 5.76 Å². The number of benzene rings is 3. The molecule has 172 valence electrons. The Morgan fingerprint density at radius 3 is 2.32 bits per heavy atom. The van der Waals surface area contributed by atoms with Gasteiger partial charge in [0.2, 0.25) is 5.91 Å². The van der Waals surface area contributed by atoms with Crippen LogP contribution in [0.2, 0.25) is 0 Å². The molecule has 4 rings (SSSR count). The SMILES string of the molecule is COc1ccc(C2/C(=C(\O)c3ccc(Br)cc3)C(=O)C(=O)N2c2cccc(NC(C)=O)c2)cc1. The van der Waals surface area contributed by atoms with E-state index >= 15 is 0 Å². The number of carbonyl (C=O) groups excluding carboxylic acids is 3. The van der Waals surface area contributed by atoms with Crippen molar-refractivity contribution in [3.63, 3.8) is 0 Å². The van der Waals surface area contributed by atoms with E-state index in [1.165, 1.54) is 11.8 Å². The second-order valence-corrected chi connectivity index (χ2v) is 8.60. The van der Waals surface area contributed by atoms with Crippen LogP contribution >= 0.6 is 15.9 Å². The first-order valence-electron chi connectivity index (χ1n) is 10.4. The molecule has 0 spiro atoms. The molecule has 3 aromatic carbocycles. The smallest absolute Gasteiger partial charge is 0.300 e. The van der Waals surface area contributed by atoms with E-state index in [4.69, 9.17) is 4.74 Å². The van der Waals surface area contributed by atoms with E-state index < -0.39 is 17.7 Å². The standard InChI is InChI=1S/C26H21BrN2O5/c1-15(30)28-19-4-3-5-20(14-19)29-23(16-8-12-21(34-2)13-9-16)22(25(32)26(29)33)24(31)17-6-10-18(27)11-7-17/h3-14,23,31H,1-2H3,(H,28,30)/b24-22+. The number of nitrogens with one attached hydrogen (secondary N) is 1. The number of rotatable bonds is 5. The summed E-state index contributed by atoms with van der Waals surface area (Å²) in [6.45, 7) is 1.38. The van der Waals surface area contributed by atoms with Crippen molar-refractivity contribution in [2.45, 2.75) is 13.0 Å². The zero-order chi connectivity index (χ0) is 24.4. The minimum absolute atomic E-state index is 0.0255. The highest BCUT2D eigenvalue weighted by atomic mass is 79.9. The zero-order valence-corrected chi connectivity index (χ0v) is 20.0. The van der Waals surface area contributed by atoms with Crippen molar-refractivity contribution < 1.29 is 24.2 Å². The molecule has 0 aromatic heterocycles. The fourth-order valence-electron chi connectivity index (χ4n) is 3.90. The van der Waals surface area contributed by atoms with E-state index in [9.17, 15) is 19.5 Å². The Morgan fingerprint density at radius 1 is 1.03 bits per heavy atom. The van der Waals surface area contributed by atoms with Gasteiger partial charge < -0.3 is 15.2 Å². The maximum absolute atomic E-state index is 13.3. The highest BCUT2D eigenvalue weighted by Crippen LogP contribution is 2.43. The van der Waals surface area contributed by atoms with Crippen LogP contribution in [0.1, 0.15) is 24.1 Å². The van der Waals surface area contributed by atoms with E-state index in [0.717, 1.165) is 4.47 Å². The van der Waals surface area contributed by atoms with Crippen LogP contribution < -0.4 is 15.0 Å². The molecule has 1 unspecified atom stereocenters. The Morgan fingerprint density at radius 2 is 1.71 bits per heavy atom. The number of hydrogen-bond acceptors (Lipinski definition) is 5. The van der Waals surface area contributed by atoms with Gasteiger partial charge in [0.1, 0.15) is 11.5 Å². The normalized spacial score (nSPS) is 17.0. The van der Waals surface area contributed by atoms with Crippen LogP contribution in [0.4, 0.5) is 11.4 Å².